The van der Waals surface area contributed by atoms with Gasteiger partial charge in [0.2, 0.25) is 0 Å². The number of nitro groups is 1. The lowest BCUT2D eigenvalue weighted by atomic mass is 9.96. The summed E-state index contributed by atoms with van der Waals surface area (Å²) in [5.41, 5.74) is 1.00. The first-order valence-electron chi connectivity index (χ1n) is 7.14. The van der Waals surface area contributed by atoms with E-state index in [1.54, 1.807) is 12.1 Å². The van der Waals surface area contributed by atoms with Gasteiger partial charge in [0.1, 0.15) is 0 Å². The third-order valence-corrected chi connectivity index (χ3v) is 4.10. The Balaban J connectivity index is 1.99. The maximum Gasteiger partial charge on any atom is 0.273 e. The molecule has 2 atom stereocenters. The van der Waals surface area contributed by atoms with E-state index in [9.17, 15) is 10.1 Å². The topological polar surface area (TPSA) is 55.2 Å². The minimum atomic E-state index is -0.298. The van der Waals surface area contributed by atoms with Gasteiger partial charge in [0.05, 0.1) is 4.92 Å². The second-order valence-electron chi connectivity index (χ2n) is 5.49. The Labute approximate surface area is 114 Å². The summed E-state index contributed by atoms with van der Waals surface area (Å²) in [5.74, 6) is 0.658. The monoisotopic (exact) mass is 262 g/mol. The van der Waals surface area contributed by atoms with Gasteiger partial charge in [0.25, 0.3) is 5.69 Å². The summed E-state index contributed by atoms with van der Waals surface area (Å²) < 4.78 is 0. The van der Waals surface area contributed by atoms with E-state index in [0.717, 1.165) is 5.56 Å². The molecule has 2 rings (SSSR count). The van der Waals surface area contributed by atoms with Crippen molar-refractivity contribution in [2.24, 2.45) is 5.92 Å². The largest absolute Gasteiger partial charge is 0.309 e. The van der Waals surface area contributed by atoms with Crippen LogP contribution in [0.5, 0.6) is 0 Å². The second kappa shape index (κ2) is 6.66. The molecule has 1 fully saturated rings. The van der Waals surface area contributed by atoms with Crippen molar-refractivity contribution < 1.29 is 4.92 Å². The summed E-state index contributed by atoms with van der Waals surface area (Å²) in [7, 11) is 0. The van der Waals surface area contributed by atoms with Crippen molar-refractivity contribution in [2.45, 2.75) is 51.6 Å². The number of hydrogen-bond acceptors (Lipinski definition) is 3. The zero-order chi connectivity index (χ0) is 13.7. The molecule has 0 bridgehead atoms. The van der Waals surface area contributed by atoms with Gasteiger partial charge in [0.15, 0.2) is 0 Å². The van der Waals surface area contributed by atoms with Crippen molar-refractivity contribution in [1.29, 1.82) is 0 Å². The molecule has 0 saturated heterocycles. The van der Waals surface area contributed by atoms with E-state index in [-0.39, 0.29) is 10.6 Å². The average Bonchev–Trinajstić information content (AvgIpc) is 2.61. The van der Waals surface area contributed by atoms with E-state index in [2.05, 4.69) is 12.2 Å². The van der Waals surface area contributed by atoms with Gasteiger partial charge in [-0.05, 0) is 18.8 Å². The lowest BCUT2D eigenvalue weighted by Gasteiger charge is -2.22. The Morgan fingerprint density at radius 2 is 2.00 bits per heavy atom. The normalized spacial score (nSPS) is 23.8. The molecule has 1 aliphatic carbocycles. The quantitative estimate of drug-likeness (QED) is 0.512. The highest BCUT2D eigenvalue weighted by Gasteiger charge is 2.20. The van der Waals surface area contributed by atoms with Crippen LogP contribution in [-0.4, -0.2) is 11.0 Å². The van der Waals surface area contributed by atoms with Crippen LogP contribution in [0.15, 0.2) is 24.3 Å². The molecule has 0 heterocycles. The minimum absolute atomic E-state index is 0.219. The summed E-state index contributed by atoms with van der Waals surface area (Å²) in [6.07, 6.45) is 6.33. The lowest BCUT2D eigenvalue weighted by Crippen LogP contribution is -2.33. The molecular formula is C15H22N2O2. The predicted octanol–water partition coefficient (Wildman–Crippen LogP) is 3.65. The molecule has 1 aromatic carbocycles. The third-order valence-electron chi connectivity index (χ3n) is 4.10. The summed E-state index contributed by atoms with van der Waals surface area (Å²) in [4.78, 5) is 10.7. The number of hydrogen-bond donors (Lipinski definition) is 1. The molecule has 104 valence electrons. The van der Waals surface area contributed by atoms with E-state index in [1.165, 1.54) is 32.1 Å². The van der Waals surface area contributed by atoms with Gasteiger partial charge in [-0.15, -0.1) is 0 Å². The van der Waals surface area contributed by atoms with Crippen LogP contribution in [0.1, 0.15) is 44.6 Å². The zero-order valence-electron chi connectivity index (χ0n) is 11.5. The molecule has 0 radical (unpaired) electrons. The van der Waals surface area contributed by atoms with E-state index in [4.69, 9.17) is 0 Å². The van der Waals surface area contributed by atoms with Crippen LogP contribution in [0.4, 0.5) is 5.69 Å². The predicted molar refractivity (Wildman–Crippen MR) is 76.0 cm³/mol. The Hall–Kier alpha value is -1.42. The third kappa shape index (κ3) is 3.77. The summed E-state index contributed by atoms with van der Waals surface area (Å²) in [6.45, 7) is 2.87. The molecule has 0 aliphatic heterocycles. The lowest BCUT2D eigenvalue weighted by molar-refractivity contribution is -0.385. The maximum atomic E-state index is 11.0. The van der Waals surface area contributed by atoms with Crippen LogP contribution < -0.4 is 5.32 Å². The fraction of sp³-hybridized carbons (Fsp3) is 0.600. The van der Waals surface area contributed by atoms with Gasteiger partial charge in [-0.25, -0.2) is 0 Å². The van der Waals surface area contributed by atoms with Crippen LogP contribution >= 0.6 is 0 Å². The first kappa shape index (κ1) is 14.0. The number of nitrogens with zero attached hydrogens (tertiary/aromatic N) is 1. The second-order valence-corrected chi connectivity index (χ2v) is 5.49. The Kier molecular flexibility index (Phi) is 4.91. The first-order chi connectivity index (χ1) is 9.18. The smallest absolute Gasteiger partial charge is 0.273 e. The number of nitro benzene ring substituents is 1. The van der Waals surface area contributed by atoms with Crippen molar-refractivity contribution in [1.82, 2.24) is 5.32 Å². The number of benzene rings is 1. The number of para-hydroxylation sites is 1. The van der Waals surface area contributed by atoms with Gasteiger partial charge in [-0.1, -0.05) is 44.4 Å². The summed E-state index contributed by atoms with van der Waals surface area (Å²) in [5, 5.41) is 14.5. The van der Waals surface area contributed by atoms with Gasteiger partial charge in [-0.2, -0.15) is 0 Å². The van der Waals surface area contributed by atoms with Crippen molar-refractivity contribution in [2.75, 3.05) is 0 Å². The molecule has 0 spiro atoms. The fourth-order valence-electron chi connectivity index (χ4n) is 2.88. The van der Waals surface area contributed by atoms with Crippen molar-refractivity contribution in [3.63, 3.8) is 0 Å². The van der Waals surface area contributed by atoms with Gasteiger partial charge >= 0.3 is 0 Å². The molecule has 0 amide bonds. The molecule has 0 aromatic heterocycles. The Bertz CT molecular complexity index is 434. The molecule has 1 N–H and O–H groups in total. The van der Waals surface area contributed by atoms with Gasteiger partial charge < -0.3 is 5.32 Å². The van der Waals surface area contributed by atoms with Crippen LogP contribution in [0.3, 0.4) is 0 Å². The Morgan fingerprint density at radius 3 is 2.79 bits per heavy atom. The fourth-order valence-corrected chi connectivity index (χ4v) is 2.88. The van der Waals surface area contributed by atoms with Crippen LogP contribution in [-0.2, 0) is 6.54 Å². The minimum Gasteiger partial charge on any atom is -0.309 e. The summed E-state index contributed by atoms with van der Waals surface area (Å²) in [6, 6.07) is 7.48. The molecule has 2 unspecified atom stereocenters. The first-order valence-corrected chi connectivity index (χ1v) is 7.14. The van der Waals surface area contributed by atoms with Gasteiger partial charge in [-0.3, -0.25) is 10.1 Å². The maximum absolute atomic E-state index is 11.0. The molecular weight excluding hydrogens is 240 g/mol. The van der Waals surface area contributed by atoms with Crippen LogP contribution in [0.25, 0.3) is 0 Å². The Morgan fingerprint density at radius 1 is 1.26 bits per heavy atom. The number of rotatable bonds is 4. The average molecular weight is 262 g/mol. The zero-order valence-corrected chi connectivity index (χ0v) is 11.5. The van der Waals surface area contributed by atoms with Crippen molar-refractivity contribution >= 4 is 5.69 Å². The standard InChI is InChI=1S/C15H22N2O2/c1-12-7-3-2-4-9-14(12)16-11-13-8-5-6-10-15(13)17(18)19/h5-6,8,10,12,14,16H,2-4,7,9,11H2,1H3. The highest BCUT2D eigenvalue weighted by Crippen LogP contribution is 2.24. The molecule has 1 aliphatic rings. The molecule has 1 saturated carbocycles. The highest BCUT2D eigenvalue weighted by molar-refractivity contribution is 5.39. The van der Waals surface area contributed by atoms with E-state index >= 15 is 0 Å². The molecule has 4 heteroatoms. The number of nitrogens with one attached hydrogen (secondary N) is 1. The molecule has 4 nitrogen and oxygen atoms in total. The molecule has 19 heavy (non-hydrogen) atoms. The van der Waals surface area contributed by atoms with Crippen LogP contribution in [0, 0.1) is 16.0 Å². The van der Waals surface area contributed by atoms with Gasteiger partial charge in [0, 0.05) is 24.2 Å². The van der Waals surface area contributed by atoms with E-state index < -0.39 is 0 Å². The summed E-state index contributed by atoms with van der Waals surface area (Å²) >= 11 is 0. The SMILES string of the molecule is CC1CCCCCC1NCc1ccccc1[N+](=O)[O-]. The van der Waals surface area contributed by atoms with Crippen LogP contribution in [0.2, 0.25) is 0 Å². The highest BCUT2D eigenvalue weighted by atomic mass is 16.6. The van der Waals surface area contributed by atoms with Crippen molar-refractivity contribution in [3.8, 4) is 0 Å². The van der Waals surface area contributed by atoms with E-state index in [1.807, 2.05) is 12.1 Å². The molecule has 1 aromatic rings. The van der Waals surface area contributed by atoms with E-state index in [0.29, 0.717) is 18.5 Å². The van der Waals surface area contributed by atoms with Crippen molar-refractivity contribution in [3.05, 3.63) is 39.9 Å².